The highest BCUT2D eigenvalue weighted by Gasteiger charge is 2.29. The van der Waals surface area contributed by atoms with E-state index in [1.54, 1.807) is 34.9 Å². The summed E-state index contributed by atoms with van der Waals surface area (Å²) >= 11 is 14.4. The Bertz CT molecular complexity index is 828. The molecule has 0 fully saturated rings. The van der Waals surface area contributed by atoms with Gasteiger partial charge in [0.05, 0.1) is 0 Å². The summed E-state index contributed by atoms with van der Waals surface area (Å²) in [6.07, 6.45) is 1.69. The van der Waals surface area contributed by atoms with E-state index in [1.807, 2.05) is 32.0 Å². The maximum Gasteiger partial charge on any atom is 0.242 e. The molecule has 2 aromatic rings. The number of thioether (sulfide) groups is 1. The first-order valence-corrected chi connectivity index (χ1v) is 12.5. The van der Waals surface area contributed by atoms with Crippen LogP contribution < -0.4 is 5.32 Å². The molecule has 0 unspecified atom stereocenters. The van der Waals surface area contributed by atoms with Gasteiger partial charge in [0.25, 0.3) is 0 Å². The van der Waals surface area contributed by atoms with Gasteiger partial charge in [0.15, 0.2) is 0 Å². The summed E-state index contributed by atoms with van der Waals surface area (Å²) in [4.78, 5) is 27.6. The van der Waals surface area contributed by atoms with Crippen molar-refractivity contribution >= 4 is 46.8 Å². The molecule has 31 heavy (non-hydrogen) atoms. The van der Waals surface area contributed by atoms with E-state index >= 15 is 0 Å². The van der Waals surface area contributed by atoms with E-state index in [2.05, 4.69) is 17.4 Å². The SMILES string of the molecule is CCCNC(=O)[C@@H](CC)N(Cc1c(Cl)cccc1Cl)C(=O)CCSCc1ccccc1. The Morgan fingerprint density at radius 2 is 1.71 bits per heavy atom. The van der Waals surface area contributed by atoms with Crippen LogP contribution in [0.15, 0.2) is 48.5 Å². The molecular weight excluding hydrogens is 451 g/mol. The lowest BCUT2D eigenvalue weighted by atomic mass is 10.1. The molecule has 0 aromatic heterocycles. The Kier molecular flexibility index (Phi) is 11.3. The number of nitrogens with zero attached hydrogens (tertiary/aromatic N) is 1. The molecule has 0 heterocycles. The molecule has 0 bridgehead atoms. The zero-order valence-electron chi connectivity index (χ0n) is 18.1. The van der Waals surface area contributed by atoms with Gasteiger partial charge in [-0.1, -0.05) is 73.4 Å². The third-order valence-electron chi connectivity index (χ3n) is 4.90. The predicted molar refractivity (Wildman–Crippen MR) is 132 cm³/mol. The van der Waals surface area contributed by atoms with Gasteiger partial charge in [-0.2, -0.15) is 11.8 Å². The molecule has 0 spiro atoms. The molecule has 1 atom stereocenters. The van der Waals surface area contributed by atoms with Crippen molar-refractivity contribution in [3.63, 3.8) is 0 Å². The second-order valence-electron chi connectivity index (χ2n) is 7.23. The Labute approximate surface area is 199 Å². The molecule has 168 valence electrons. The van der Waals surface area contributed by atoms with Crippen LogP contribution in [0.1, 0.15) is 44.2 Å². The Hall–Kier alpha value is -1.69. The Balaban J connectivity index is 2.11. The van der Waals surface area contributed by atoms with Crippen LogP contribution in [0.2, 0.25) is 10.0 Å². The summed E-state index contributed by atoms with van der Waals surface area (Å²) in [5.41, 5.74) is 1.89. The fraction of sp³-hybridized carbons (Fsp3) is 0.417. The summed E-state index contributed by atoms with van der Waals surface area (Å²) in [5.74, 6) is 1.31. The molecule has 0 aliphatic carbocycles. The Morgan fingerprint density at radius 1 is 1.03 bits per heavy atom. The van der Waals surface area contributed by atoms with Crippen molar-refractivity contribution in [3.8, 4) is 0 Å². The van der Waals surface area contributed by atoms with E-state index < -0.39 is 6.04 Å². The standard InChI is InChI=1S/C24H30Cl2N2O2S/c1-3-14-27-24(30)22(4-2)28(16-19-20(25)11-8-12-21(19)26)23(29)13-15-31-17-18-9-6-5-7-10-18/h5-12,22H,3-4,13-17H2,1-2H3,(H,27,30)/t22-/m1/s1. The third kappa shape index (κ3) is 8.06. The molecule has 2 aromatic carbocycles. The van der Waals surface area contributed by atoms with Gasteiger partial charge in [-0.25, -0.2) is 0 Å². The first kappa shape index (κ1) is 25.6. The molecule has 4 nitrogen and oxygen atoms in total. The minimum absolute atomic E-state index is 0.0740. The molecule has 0 aliphatic rings. The van der Waals surface area contributed by atoms with E-state index in [0.717, 1.165) is 12.2 Å². The number of benzene rings is 2. The minimum Gasteiger partial charge on any atom is -0.354 e. The highest BCUT2D eigenvalue weighted by Crippen LogP contribution is 2.27. The van der Waals surface area contributed by atoms with Gasteiger partial charge in [-0.15, -0.1) is 0 Å². The van der Waals surface area contributed by atoms with E-state index in [0.29, 0.717) is 40.7 Å². The number of carbonyl (C=O) groups is 2. The fourth-order valence-electron chi connectivity index (χ4n) is 3.21. The molecule has 0 radical (unpaired) electrons. The summed E-state index contributed by atoms with van der Waals surface area (Å²) < 4.78 is 0. The molecule has 0 saturated heterocycles. The first-order valence-electron chi connectivity index (χ1n) is 10.6. The Morgan fingerprint density at radius 3 is 2.32 bits per heavy atom. The monoisotopic (exact) mass is 480 g/mol. The van der Waals surface area contributed by atoms with Gasteiger partial charge in [-0.3, -0.25) is 9.59 Å². The van der Waals surface area contributed by atoms with Crippen molar-refractivity contribution in [2.75, 3.05) is 12.3 Å². The summed E-state index contributed by atoms with van der Waals surface area (Å²) in [6, 6.07) is 14.9. The van der Waals surface area contributed by atoms with Crippen molar-refractivity contribution in [2.45, 2.75) is 51.4 Å². The van der Waals surface area contributed by atoms with Crippen LogP contribution in [0.5, 0.6) is 0 Å². The molecule has 2 rings (SSSR count). The molecule has 7 heteroatoms. The highest BCUT2D eigenvalue weighted by molar-refractivity contribution is 7.98. The molecule has 0 saturated carbocycles. The topological polar surface area (TPSA) is 49.4 Å². The van der Waals surface area contributed by atoms with Gasteiger partial charge in [0.1, 0.15) is 6.04 Å². The maximum atomic E-state index is 13.2. The molecule has 2 amide bonds. The summed E-state index contributed by atoms with van der Waals surface area (Å²) in [5, 5.41) is 3.90. The van der Waals surface area contributed by atoms with Crippen LogP contribution in [0.25, 0.3) is 0 Å². The predicted octanol–water partition coefficient (Wildman–Crippen LogP) is 5.95. The van der Waals surface area contributed by atoms with Gasteiger partial charge in [0.2, 0.25) is 11.8 Å². The van der Waals surface area contributed by atoms with E-state index in [4.69, 9.17) is 23.2 Å². The second kappa shape index (κ2) is 13.7. The smallest absolute Gasteiger partial charge is 0.242 e. The van der Waals surface area contributed by atoms with Crippen molar-refractivity contribution in [3.05, 3.63) is 69.7 Å². The lowest BCUT2D eigenvalue weighted by Gasteiger charge is -2.31. The average Bonchev–Trinajstić information content (AvgIpc) is 2.77. The van der Waals surface area contributed by atoms with E-state index in [-0.39, 0.29) is 18.4 Å². The zero-order chi connectivity index (χ0) is 22.6. The number of rotatable bonds is 12. The normalized spacial score (nSPS) is 11.7. The van der Waals surface area contributed by atoms with Crippen LogP contribution in [-0.2, 0) is 21.9 Å². The van der Waals surface area contributed by atoms with Crippen LogP contribution >= 0.6 is 35.0 Å². The average molecular weight is 481 g/mol. The van der Waals surface area contributed by atoms with Crippen molar-refractivity contribution in [1.29, 1.82) is 0 Å². The maximum absolute atomic E-state index is 13.2. The van der Waals surface area contributed by atoms with Crippen LogP contribution in [0.3, 0.4) is 0 Å². The second-order valence-corrected chi connectivity index (χ2v) is 9.14. The lowest BCUT2D eigenvalue weighted by molar-refractivity contribution is -0.141. The third-order valence-corrected chi connectivity index (χ3v) is 6.64. The van der Waals surface area contributed by atoms with Crippen molar-refractivity contribution in [2.24, 2.45) is 0 Å². The minimum atomic E-state index is -0.564. The van der Waals surface area contributed by atoms with Crippen molar-refractivity contribution in [1.82, 2.24) is 10.2 Å². The number of halogens is 2. The largest absolute Gasteiger partial charge is 0.354 e. The first-order chi connectivity index (χ1) is 15.0. The molecule has 1 N–H and O–H groups in total. The highest BCUT2D eigenvalue weighted by atomic mass is 35.5. The van der Waals surface area contributed by atoms with E-state index in [9.17, 15) is 9.59 Å². The number of hydrogen-bond acceptors (Lipinski definition) is 3. The van der Waals surface area contributed by atoms with Crippen LogP contribution in [0.4, 0.5) is 0 Å². The van der Waals surface area contributed by atoms with Gasteiger partial charge >= 0.3 is 0 Å². The zero-order valence-corrected chi connectivity index (χ0v) is 20.4. The van der Waals surface area contributed by atoms with Gasteiger partial charge in [-0.05, 0) is 30.5 Å². The fourth-order valence-corrected chi connectivity index (χ4v) is 4.62. The van der Waals surface area contributed by atoms with Crippen molar-refractivity contribution < 1.29 is 9.59 Å². The van der Waals surface area contributed by atoms with Crippen LogP contribution in [0, 0.1) is 0 Å². The molecule has 0 aliphatic heterocycles. The quantitative estimate of drug-likeness (QED) is 0.381. The number of amides is 2. The number of nitrogens with one attached hydrogen (secondary N) is 1. The van der Waals surface area contributed by atoms with Gasteiger partial charge < -0.3 is 10.2 Å². The summed E-state index contributed by atoms with van der Waals surface area (Å²) in [6.45, 7) is 4.70. The van der Waals surface area contributed by atoms with E-state index in [1.165, 1.54) is 5.56 Å². The molecular formula is C24H30Cl2N2O2S. The number of carbonyl (C=O) groups excluding carboxylic acids is 2. The van der Waals surface area contributed by atoms with Crippen LogP contribution in [-0.4, -0.2) is 35.1 Å². The number of hydrogen-bond donors (Lipinski definition) is 1. The summed E-state index contributed by atoms with van der Waals surface area (Å²) in [7, 11) is 0. The van der Waals surface area contributed by atoms with Gasteiger partial charge in [0, 0.05) is 46.6 Å². The lowest BCUT2D eigenvalue weighted by Crippen LogP contribution is -2.49.